The Kier molecular flexibility index (Phi) is 9.07. The zero-order valence-electron chi connectivity index (χ0n) is 23.4. The summed E-state index contributed by atoms with van der Waals surface area (Å²) in [6.45, 7) is 4.61. The van der Waals surface area contributed by atoms with Crippen LogP contribution in [0.3, 0.4) is 0 Å². The molecule has 2 amide bonds. The Labute approximate surface area is 230 Å². The lowest BCUT2D eigenvalue weighted by Gasteiger charge is -2.34. The summed E-state index contributed by atoms with van der Waals surface area (Å²) < 4.78 is 26.1. The van der Waals surface area contributed by atoms with Crippen LogP contribution >= 0.6 is 0 Å². The van der Waals surface area contributed by atoms with Crippen molar-refractivity contribution in [3.63, 3.8) is 0 Å². The first-order valence-corrected chi connectivity index (χ1v) is 14.4. The molecule has 1 aromatic rings. The summed E-state index contributed by atoms with van der Waals surface area (Å²) in [4.78, 5) is 38.0. The zero-order chi connectivity index (χ0) is 28.2. The lowest BCUT2D eigenvalue weighted by molar-refractivity contribution is -0.150. The molecule has 0 spiro atoms. The minimum atomic E-state index is -0.836. The van der Waals surface area contributed by atoms with Crippen molar-refractivity contribution >= 4 is 17.8 Å². The average Bonchev–Trinajstić information content (AvgIpc) is 3.38. The Balaban J connectivity index is 1.40. The molecule has 0 aliphatic heterocycles. The van der Waals surface area contributed by atoms with Crippen LogP contribution in [0, 0.1) is 22.6 Å². The maximum absolute atomic E-state index is 14.9. The van der Waals surface area contributed by atoms with E-state index in [0.29, 0.717) is 45.1 Å². The van der Waals surface area contributed by atoms with Gasteiger partial charge in [-0.15, -0.1) is 0 Å². The molecule has 3 aliphatic carbocycles. The minimum Gasteiger partial charge on any atom is -0.496 e. The van der Waals surface area contributed by atoms with Crippen LogP contribution in [-0.2, 0) is 9.59 Å². The minimum absolute atomic E-state index is 0.0228. The van der Waals surface area contributed by atoms with Crippen LogP contribution in [0.1, 0.15) is 101 Å². The van der Waals surface area contributed by atoms with E-state index in [0.717, 1.165) is 25.3 Å². The first-order chi connectivity index (χ1) is 18.5. The highest BCUT2D eigenvalue weighted by atomic mass is 19.1. The third-order valence-corrected chi connectivity index (χ3v) is 9.26. The van der Waals surface area contributed by atoms with Gasteiger partial charge >= 0.3 is 5.97 Å². The van der Waals surface area contributed by atoms with Gasteiger partial charge < -0.3 is 25.2 Å². The third kappa shape index (κ3) is 6.84. The number of hydrogen-bond acceptors (Lipinski definition) is 5. The number of nitrogens with one attached hydrogen (secondary N) is 2. The van der Waals surface area contributed by atoms with E-state index in [2.05, 4.69) is 17.6 Å². The summed E-state index contributed by atoms with van der Waals surface area (Å²) in [7, 11) is 1.37. The van der Waals surface area contributed by atoms with Crippen LogP contribution in [0.2, 0.25) is 0 Å². The molecule has 0 aromatic heterocycles. The molecule has 9 heteroatoms. The molecule has 4 rings (SSSR count). The van der Waals surface area contributed by atoms with Gasteiger partial charge in [-0.1, -0.05) is 32.6 Å². The maximum atomic E-state index is 14.9. The predicted molar refractivity (Wildman–Crippen MR) is 144 cm³/mol. The quantitative estimate of drug-likeness (QED) is 0.391. The molecule has 0 heterocycles. The van der Waals surface area contributed by atoms with Crippen LogP contribution in [0.4, 0.5) is 4.39 Å². The first kappa shape index (κ1) is 29.2. The number of rotatable bonds is 9. The van der Waals surface area contributed by atoms with E-state index in [9.17, 15) is 23.9 Å². The van der Waals surface area contributed by atoms with Crippen molar-refractivity contribution < 1.29 is 33.4 Å². The molecule has 3 aliphatic rings. The number of aliphatic carboxylic acids is 1. The normalized spacial score (nSPS) is 28.4. The molecular weight excluding hydrogens is 503 g/mol. The molecule has 0 saturated heterocycles. The summed E-state index contributed by atoms with van der Waals surface area (Å²) in [5.41, 5.74) is -0.532. The standard InChI is InChI=1S/C30H43FN2O6/c1-29(12-5-4-6-13-29)18-32-26(34)20-8-7-9-23(20)33-27(35)21-16-25(22(31)17-24(21)38-3)39-19-10-14-30(2,15-11-19)28(36)37/h16-17,19-20,23H,4-15,18H2,1-3H3,(H,32,34)(H,33,35)(H,36,37)/t19?,20-,23+,30?/m0/s1. The van der Waals surface area contributed by atoms with E-state index in [1.165, 1.54) is 32.4 Å². The smallest absolute Gasteiger partial charge is 0.309 e. The van der Waals surface area contributed by atoms with Crippen LogP contribution in [0.25, 0.3) is 0 Å². The number of benzene rings is 1. The fraction of sp³-hybridized carbons (Fsp3) is 0.700. The molecule has 0 bridgehead atoms. The summed E-state index contributed by atoms with van der Waals surface area (Å²) in [6, 6.07) is 2.17. The van der Waals surface area contributed by atoms with Gasteiger partial charge in [-0.25, -0.2) is 4.39 Å². The van der Waals surface area contributed by atoms with Crippen LogP contribution < -0.4 is 20.1 Å². The van der Waals surface area contributed by atoms with Crippen molar-refractivity contribution in [3.05, 3.63) is 23.5 Å². The van der Waals surface area contributed by atoms with Gasteiger partial charge in [0.1, 0.15) is 5.75 Å². The highest BCUT2D eigenvalue weighted by Crippen LogP contribution is 2.39. The SMILES string of the molecule is COc1cc(F)c(OC2CCC(C)(C(=O)O)CC2)cc1C(=O)N[C@@H]1CCC[C@@H]1C(=O)NCC1(C)CCCCC1. The Hall–Kier alpha value is -2.84. The first-order valence-electron chi connectivity index (χ1n) is 14.4. The van der Waals surface area contributed by atoms with E-state index in [1.807, 2.05) is 0 Å². The van der Waals surface area contributed by atoms with Gasteiger partial charge in [0.25, 0.3) is 5.91 Å². The summed E-state index contributed by atoms with van der Waals surface area (Å²) >= 11 is 0. The van der Waals surface area contributed by atoms with Crippen molar-refractivity contribution in [2.24, 2.45) is 16.7 Å². The molecule has 3 fully saturated rings. The molecule has 8 nitrogen and oxygen atoms in total. The molecule has 39 heavy (non-hydrogen) atoms. The Bertz CT molecular complexity index is 1060. The topological polar surface area (TPSA) is 114 Å². The van der Waals surface area contributed by atoms with Gasteiger partial charge in [-0.3, -0.25) is 14.4 Å². The summed E-state index contributed by atoms with van der Waals surface area (Å²) in [5.74, 6) is -2.24. The second-order valence-electron chi connectivity index (χ2n) is 12.4. The lowest BCUT2D eigenvalue weighted by atomic mass is 9.75. The van der Waals surface area contributed by atoms with Gasteiger partial charge in [0, 0.05) is 18.7 Å². The van der Waals surface area contributed by atoms with Gasteiger partial charge in [0.2, 0.25) is 5.91 Å². The fourth-order valence-electron chi connectivity index (χ4n) is 6.42. The molecule has 0 unspecified atom stereocenters. The number of carbonyl (C=O) groups is 3. The maximum Gasteiger partial charge on any atom is 0.309 e. The average molecular weight is 547 g/mol. The second kappa shape index (κ2) is 12.1. The number of ether oxygens (including phenoxy) is 2. The number of carboxylic acid groups (broad SMARTS) is 1. The predicted octanol–water partition coefficient (Wildman–Crippen LogP) is 5.23. The molecule has 3 N–H and O–H groups in total. The fourth-order valence-corrected chi connectivity index (χ4v) is 6.42. The Morgan fingerprint density at radius 3 is 2.31 bits per heavy atom. The van der Waals surface area contributed by atoms with Gasteiger partial charge in [-0.05, 0) is 69.8 Å². The van der Waals surface area contributed by atoms with Gasteiger partial charge in [0.05, 0.1) is 30.1 Å². The number of carboxylic acids is 1. The van der Waals surface area contributed by atoms with Crippen LogP contribution in [0.15, 0.2) is 12.1 Å². The Morgan fingerprint density at radius 1 is 0.974 bits per heavy atom. The van der Waals surface area contributed by atoms with Crippen molar-refractivity contribution in [1.29, 1.82) is 0 Å². The number of amides is 2. The summed E-state index contributed by atoms with van der Waals surface area (Å²) in [5, 5.41) is 15.6. The van der Waals surface area contributed by atoms with E-state index in [4.69, 9.17) is 9.47 Å². The van der Waals surface area contributed by atoms with Crippen molar-refractivity contribution in [2.45, 2.75) is 103 Å². The van der Waals surface area contributed by atoms with Crippen LogP contribution in [0.5, 0.6) is 11.5 Å². The van der Waals surface area contributed by atoms with Crippen molar-refractivity contribution in [3.8, 4) is 11.5 Å². The molecule has 2 atom stereocenters. The van der Waals surface area contributed by atoms with E-state index < -0.39 is 23.1 Å². The van der Waals surface area contributed by atoms with Crippen molar-refractivity contribution in [2.75, 3.05) is 13.7 Å². The van der Waals surface area contributed by atoms with E-state index in [1.54, 1.807) is 6.92 Å². The highest BCUT2D eigenvalue weighted by Gasteiger charge is 2.39. The number of hydrogen-bond donors (Lipinski definition) is 3. The van der Waals surface area contributed by atoms with Crippen LogP contribution in [-0.4, -0.2) is 48.7 Å². The number of carbonyl (C=O) groups excluding carboxylic acids is 2. The van der Waals surface area contributed by atoms with Gasteiger partial charge in [0.15, 0.2) is 11.6 Å². The molecule has 1 aromatic carbocycles. The number of halogens is 1. The van der Waals surface area contributed by atoms with E-state index >= 15 is 0 Å². The van der Waals surface area contributed by atoms with Crippen molar-refractivity contribution in [1.82, 2.24) is 10.6 Å². The Morgan fingerprint density at radius 2 is 1.67 bits per heavy atom. The zero-order valence-corrected chi connectivity index (χ0v) is 23.4. The third-order valence-electron chi connectivity index (χ3n) is 9.26. The molecule has 216 valence electrons. The second-order valence-corrected chi connectivity index (χ2v) is 12.4. The highest BCUT2D eigenvalue weighted by molar-refractivity contribution is 5.98. The lowest BCUT2D eigenvalue weighted by Crippen LogP contribution is -2.46. The molecule has 3 saturated carbocycles. The molecular formula is C30H43FN2O6. The monoisotopic (exact) mass is 546 g/mol. The number of methoxy groups -OCH3 is 1. The summed E-state index contributed by atoms with van der Waals surface area (Å²) in [6.07, 6.45) is 9.61. The largest absolute Gasteiger partial charge is 0.496 e. The molecule has 0 radical (unpaired) electrons. The van der Waals surface area contributed by atoms with Gasteiger partial charge in [-0.2, -0.15) is 0 Å². The van der Waals surface area contributed by atoms with E-state index in [-0.39, 0.29) is 46.4 Å².